The molecule has 0 amide bonds. The van der Waals surface area contributed by atoms with Gasteiger partial charge in [0, 0.05) is 4.70 Å². The molecule has 0 aliphatic carbocycles. The first-order valence-corrected chi connectivity index (χ1v) is 6.74. The zero-order valence-corrected chi connectivity index (χ0v) is 10.6. The molecule has 1 nitrogen and oxygen atoms in total. The third kappa shape index (κ3) is 2.28. The number of hydrogen-bond donors (Lipinski definition) is 1. The Labute approximate surface area is 101 Å². The Balaban J connectivity index is 2.28. The van der Waals surface area contributed by atoms with Crippen LogP contribution in [0, 0.1) is 5.92 Å². The minimum Gasteiger partial charge on any atom is -0.388 e. The first-order chi connectivity index (χ1) is 7.72. The summed E-state index contributed by atoms with van der Waals surface area (Å²) in [6.45, 7) is 4.36. The molecule has 0 aliphatic rings. The molecule has 2 aromatic rings. The maximum atomic E-state index is 10.2. The van der Waals surface area contributed by atoms with E-state index < -0.39 is 0 Å². The summed E-state index contributed by atoms with van der Waals surface area (Å²) in [5.41, 5.74) is 1.09. The van der Waals surface area contributed by atoms with Crippen molar-refractivity contribution in [1.29, 1.82) is 0 Å². The Kier molecular flexibility index (Phi) is 3.62. The lowest BCUT2D eigenvalue weighted by molar-refractivity contribution is 0.148. The van der Waals surface area contributed by atoms with Gasteiger partial charge in [0.25, 0.3) is 0 Å². The molecule has 2 unspecified atom stereocenters. The molecular formula is C14H18OS. The Bertz CT molecular complexity index is 460. The van der Waals surface area contributed by atoms with E-state index in [4.69, 9.17) is 0 Å². The van der Waals surface area contributed by atoms with Gasteiger partial charge in [0.1, 0.15) is 0 Å². The number of aliphatic hydroxyl groups excluding tert-OH is 1. The van der Waals surface area contributed by atoms with Gasteiger partial charge in [0.05, 0.1) is 6.10 Å². The number of thiophene rings is 1. The van der Waals surface area contributed by atoms with Crippen molar-refractivity contribution in [2.75, 3.05) is 0 Å². The Morgan fingerprint density at radius 2 is 2.12 bits per heavy atom. The van der Waals surface area contributed by atoms with Crippen LogP contribution in [0.4, 0.5) is 0 Å². The lowest BCUT2D eigenvalue weighted by atomic mass is 9.96. The maximum Gasteiger partial charge on any atom is 0.0806 e. The van der Waals surface area contributed by atoms with Crippen LogP contribution in [-0.2, 0) is 0 Å². The standard InChI is InChI=1S/C14H18OS/c1-3-10(2)9-13(15)12-6-4-5-11-7-8-16-14(11)12/h4-8,10,13,15H,3,9H2,1-2H3. The molecule has 0 radical (unpaired) electrons. The van der Waals surface area contributed by atoms with E-state index in [1.807, 2.05) is 12.1 Å². The fraction of sp³-hybridized carbons (Fsp3) is 0.429. The summed E-state index contributed by atoms with van der Waals surface area (Å²) < 4.78 is 1.23. The van der Waals surface area contributed by atoms with Crippen LogP contribution in [0.25, 0.3) is 10.1 Å². The number of benzene rings is 1. The van der Waals surface area contributed by atoms with Crippen molar-refractivity contribution in [2.45, 2.75) is 32.8 Å². The predicted octanol–water partition coefficient (Wildman–Crippen LogP) is 4.37. The molecule has 1 N–H and O–H groups in total. The van der Waals surface area contributed by atoms with Crippen LogP contribution in [-0.4, -0.2) is 5.11 Å². The van der Waals surface area contributed by atoms with Crippen molar-refractivity contribution in [1.82, 2.24) is 0 Å². The van der Waals surface area contributed by atoms with Crippen molar-refractivity contribution < 1.29 is 5.11 Å². The average Bonchev–Trinajstić information content (AvgIpc) is 2.76. The van der Waals surface area contributed by atoms with E-state index in [-0.39, 0.29) is 6.10 Å². The lowest BCUT2D eigenvalue weighted by Gasteiger charge is -2.15. The molecule has 2 atom stereocenters. The monoisotopic (exact) mass is 234 g/mol. The highest BCUT2D eigenvalue weighted by atomic mass is 32.1. The van der Waals surface area contributed by atoms with Crippen LogP contribution in [0.2, 0.25) is 0 Å². The van der Waals surface area contributed by atoms with Crippen molar-refractivity contribution in [3.05, 3.63) is 35.2 Å². The zero-order valence-electron chi connectivity index (χ0n) is 9.81. The smallest absolute Gasteiger partial charge is 0.0806 e. The molecule has 1 heterocycles. The first kappa shape index (κ1) is 11.6. The Morgan fingerprint density at radius 1 is 1.31 bits per heavy atom. The molecule has 2 heteroatoms. The maximum absolute atomic E-state index is 10.2. The topological polar surface area (TPSA) is 20.2 Å². The van der Waals surface area contributed by atoms with Gasteiger partial charge in [-0.2, -0.15) is 0 Å². The van der Waals surface area contributed by atoms with Gasteiger partial charge in [0.15, 0.2) is 0 Å². The normalized spacial score (nSPS) is 15.2. The number of fused-ring (bicyclic) bond motifs is 1. The van der Waals surface area contributed by atoms with Crippen molar-refractivity contribution >= 4 is 21.4 Å². The van der Waals surface area contributed by atoms with E-state index in [1.165, 1.54) is 10.1 Å². The van der Waals surface area contributed by atoms with Crippen LogP contribution in [0.1, 0.15) is 38.4 Å². The van der Waals surface area contributed by atoms with Crippen LogP contribution < -0.4 is 0 Å². The van der Waals surface area contributed by atoms with E-state index in [2.05, 4.69) is 31.4 Å². The second kappa shape index (κ2) is 4.98. The molecule has 2 rings (SSSR count). The van der Waals surface area contributed by atoms with E-state index in [9.17, 15) is 5.11 Å². The van der Waals surface area contributed by atoms with Gasteiger partial charge in [-0.15, -0.1) is 11.3 Å². The van der Waals surface area contributed by atoms with Crippen LogP contribution in [0.3, 0.4) is 0 Å². The van der Waals surface area contributed by atoms with E-state index in [1.54, 1.807) is 11.3 Å². The van der Waals surface area contributed by atoms with E-state index in [0.29, 0.717) is 5.92 Å². The molecule has 0 bridgehead atoms. The number of aliphatic hydroxyl groups is 1. The molecule has 0 fully saturated rings. The van der Waals surface area contributed by atoms with Gasteiger partial charge in [-0.05, 0) is 34.7 Å². The van der Waals surface area contributed by atoms with Gasteiger partial charge in [0.2, 0.25) is 0 Å². The molecule has 1 aromatic heterocycles. The Hall–Kier alpha value is -0.860. The van der Waals surface area contributed by atoms with Gasteiger partial charge >= 0.3 is 0 Å². The van der Waals surface area contributed by atoms with Gasteiger partial charge < -0.3 is 5.11 Å². The minimum absolute atomic E-state index is 0.322. The summed E-state index contributed by atoms with van der Waals surface area (Å²) in [5, 5.41) is 13.6. The van der Waals surface area contributed by atoms with Crippen molar-refractivity contribution in [3.8, 4) is 0 Å². The second-order valence-electron chi connectivity index (χ2n) is 4.45. The number of rotatable bonds is 4. The first-order valence-electron chi connectivity index (χ1n) is 5.86. The summed E-state index contributed by atoms with van der Waals surface area (Å²) in [5.74, 6) is 0.574. The molecule has 16 heavy (non-hydrogen) atoms. The summed E-state index contributed by atoms with van der Waals surface area (Å²) in [7, 11) is 0. The molecular weight excluding hydrogens is 216 g/mol. The van der Waals surface area contributed by atoms with Crippen molar-refractivity contribution in [3.63, 3.8) is 0 Å². The molecule has 86 valence electrons. The van der Waals surface area contributed by atoms with Crippen LogP contribution in [0.5, 0.6) is 0 Å². The summed E-state index contributed by atoms with van der Waals surface area (Å²) >= 11 is 1.72. The van der Waals surface area contributed by atoms with Crippen molar-refractivity contribution in [2.24, 2.45) is 5.92 Å². The van der Waals surface area contributed by atoms with E-state index >= 15 is 0 Å². The fourth-order valence-corrected chi connectivity index (χ4v) is 2.92. The summed E-state index contributed by atoms with van der Waals surface area (Å²) in [4.78, 5) is 0. The SMILES string of the molecule is CCC(C)CC(O)c1cccc2ccsc12. The van der Waals surface area contributed by atoms with Gasteiger partial charge in [-0.1, -0.05) is 38.5 Å². The highest BCUT2D eigenvalue weighted by molar-refractivity contribution is 7.17. The zero-order chi connectivity index (χ0) is 11.5. The van der Waals surface area contributed by atoms with Crippen LogP contribution >= 0.6 is 11.3 Å². The third-order valence-electron chi connectivity index (χ3n) is 3.19. The molecule has 0 saturated heterocycles. The highest BCUT2D eigenvalue weighted by Crippen LogP contribution is 2.32. The van der Waals surface area contributed by atoms with E-state index in [0.717, 1.165) is 18.4 Å². The molecule has 0 aliphatic heterocycles. The molecule has 1 aromatic carbocycles. The molecule has 0 spiro atoms. The van der Waals surface area contributed by atoms with Gasteiger partial charge in [-0.25, -0.2) is 0 Å². The quantitative estimate of drug-likeness (QED) is 0.832. The summed E-state index contributed by atoms with van der Waals surface area (Å²) in [6, 6.07) is 8.29. The highest BCUT2D eigenvalue weighted by Gasteiger charge is 2.14. The second-order valence-corrected chi connectivity index (χ2v) is 5.37. The fourth-order valence-electron chi connectivity index (χ4n) is 1.95. The van der Waals surface area contributed by atoms with Crippen LogP contribution in [0.15, 0.2) is 29.6 Å². The predicted molar refractivity (Wildman–Crippen MR) is 70.9 cm³/mol. The number of hydrogen-bond acceptors (Lipinski definition) is 2. The minimum atomic E-state index is -0.322. The van der Waals surface area contributed by atoms with Gasteiger partial charge in [-0.3, -0.25) is 0 Å². The largest absolute Gasteiger partial charge is 0.388 e. The summed E-state index contributed by atoms with van der Waals surface area (Å²) in [6.07, 6.45) is 1.66. The third-order valence-corrected chi connectivity index (χ3v) is 4.17. The lowest BCUT2D eigenvalue weighted by Crippen LogP contribution is -2.03. The Morgan fingerprint density at radius 3 is 2.88 bits per heavy atom. The molecule has 0 saturated carbocycles. The average molecular weight is 234 g/mol.